The number of hydrogen-bond acceptors (Lipinski definition) is 9. The number of carbonyl (C=O) groups excluding carboxylic acids is 2. The first kappa shape index (κ1) is 27.4. The highest BCUT2D eigenvalue weighted by molar-refractivity contribution is 6.01. The molecule has 0 aromatic carbocycles. The zero-order valence-electron chi connectivity index (χ0n) is 23.5. The molecule has 2 saturated heterocycles. The maximum absolute atomic E-state index is 13.5. The Morgan fingerprint density at radius 2 is 2.02 bits per heavy atom. The van der Waals surface area contributed by atoms with Crippen molar-refractivity contribution in [3.8, 4) is 11.8 Å². The maximum atomic E-state index is 13.5. The van der Waals surface area contributed by atoms with Gasteiger partial charge in [0.15, 0.2) is 0 Å². The van der Waals surface area contributed by atoms with Crippen LogP contribution in [0.25, 0.3) is 0 Å². The van der Waals surface area contributed by atoms with E-state index in [2.05, 4.69) is 21.3 Å². The van der Waals surface area contributed by atoms with Crippen molar-refractivity contribution in [1.29, 1.82) is 5.26 Å². The van der Waals surface area contributed by atoms with Crippen LogP contribution < -0.4 is 15.0 Å². The van der Waals surface area contributed by atoms with Gasteiger partial charge in [-0.2, -0.15) is 5.26 Å². The molecule has 216 valence electrons. The predicted octanol–water partition coefficient (Wildman–Crippen LogP) is 2.97. The molecule has 1 N–H and O–H groups in total. The van der Waals surface area contributed by atoms with Crippen LogP contribution in [0.4, 0.5) is 16.4 Å². The van der Waals surface area contributed by atoms with E-state index in [1.165, 1.54) is 6.20 Å². The van der Waals surface area contributed by atoms with Gasteiger partial charge in [-0.15, -0.1) is 0 Å². The maximum Gasteiger partial charge on any atom is 0.328 e. The number of aromatic nitrogens is 2. The molecule has 12 nitrogen and oxygen atoms in total. The predicted molar refractivity (Wildman–Crippen MR) is 148 cm³/mol. The Balaban J connectivity index is 1.26. The number of nitrogens with one attached hydrogen (secondary N) is 1. The molecule has 2 aromatic heterocycles. The van der Waals surface area contributed by atoms with Crippen molar-refractivity contribution < 1.29 is 23.8 Å². The molecule has 3 amide bonds. The van der Waals surface area contributed by atoms with E-state index in [0.29, 0.717) is 60.9 Å². The number of aryl methyl sites for hydroxylation is 1. The van der Waals surface area contributed by atoms with E-state index in [1.54, 1.807) is 25.2 Å². The minimum Gasteiger partial charge on any atom is -0.489 e. The fraction of sp³-hybridized carbons (Fsp3) is 0.552. The van der Waals surface area contributed by atoms with Gasteiger partial charge >= 0.3 is 6.03 Å². The van der Waals surface area contributed by atoms with Crippen LogP contribution in [0.3, 0.4) is 0 Å². The van der Waals surface area contributed by atoms with Gasteiger partial charge in [-0.25, -0.2) is 14.8 Å². The lowest BCUT2D eigenvalue weighted by Gasteiger charge is -2.38. The van der Waals surface area contributed by atoms with Crippen LogP contribution in [-0.2, 0) is 27.2 Å². The fourth-order valence-corrected chi connectivity index (χ4v) is 5.93. The Morgan fingerprint density at radius 1 is 1.20 bits per heavy atom. The fourth-order valence-electron chi connectivity index (χ4n) is 5.93. The molecule has 41 heavy (non-hydrogen) atoms. The minimum atomic E-state index is -0.757. The van der Waals surface area contributed by atoms with Crippen LogP contribution in [0.1, 0.15) is 60.8 Å². The first-order chi connectivity index (χ1) is 20.0. The van der Waals surface area contributed by atoms with Crippen molar-refractivity contribution in [2.45, 2.75) is 63.5 Å². The highest BCUT2D eigenvalue weighted by Gasteiger charge is 2.36. The number of fused-ring (bicyclic) bond motifs is 2. The number of amides is 3. The normalized spacial score (nSPS) is 20.5. The van der Waals surface area contributed by atoms with Crippen LogP contribution in [0.2, 0.25) is 0 Å². The van der Waals surface area contributed by atoms with Crippen molar-refractivity contribution in [3.05, 3.63) is 40.7 Å². The first-order valence-corrected chi connectivity index (χ1v) is 14.2. The summed E-state index contributed by atoms with van der Waals surface area (Å²) in [5.74, 6) is 1.35. The quantitative estimate of drug-likeness (QED) is 0.483. The van der Waals surface area contributed by atoms with E-state index >= 15 is 0 Å². The number of methoxy groups -OCH3 is 2. The third kappa shape index (κ3) is 5.70. The van der Waals surface area contributed by atoms with Gasteiger partial charge in [0.1, 0.15) is 34.7 Å². The number of nitriles is 1. The topological polar surface area (TPSA) is 133 Å². The Bertz CT molecular complexity index is 1370. The zero-order valence-corrected chi connectivity index (χ0v) is 23.5. The van der Waals surface area contributed by atoms with Gasteiger partial charge in [-0.05, 0) is 62.3 Å². The molecule has 2 aromatic rings. The SMILES string of the molecule is COC(OC)c1nc2c(cc1CN1CC3CCCN3CC1=O)CCCN2C(=O)Nc1cc(OC2CC2)c(C#N)cn1. The molecule has 3 aliphatic heterocycles. The summed E-state index contributed by atoms with van der Waals surface area (Å²) < 4.78 is 17.0. The van der Waals surface area contributed by atoms with Gasteiger partial charge in [0, 0.05) is 46.0 Å². The summed E-state index contributed by atoms with van der Waals surface area (Å²) in [5.41, 5.74) is 2.66. The number of ether oxygens (including phenoxy) is 3. The minimum absolute atomic E-state index is 0.102. The van der Waals surface area contributed by atoms with Gasteiger partial charge in [-0.3, -0.25) is 19.9 Å². The summed E-state index contributed by atoms with van der Waals surface area (Å²) in [7, 11) is 3.09. The van der Waals surface area contributed by atoms with Crippen molar-refractivity contribution in [1.82, 2.24) is 19.8 Å². The average molecular weight is 562 g/mol. The molecule has 1 aliphatic carbocycles. The lowest BCUT2D eigenvalue weighted by atomic mass is 10.0. The summed E-state index contributed by atoms with van der Waals surface area (Å²) in [4.78, 5) is 41.5. The van der Waals surface area contributed by atoms with Crippen LogP contribution in [0.5, 0.6) is 5.75 Å². The number of urea groups is 1. The Hall–Kier alpha value is -3.79. The van der Waals surface area contributed by atoms with Crippen LogP contribution >= 0.6 is 0 Å². The Labute approximate surface area is 239 Å². The molecule has 1 unspecified atom stereocenters. The lowest BCUT2D eigenvalue weighted by Crippen LogP contribution is -2.53. The van der Waals surface area contributed by atoms with E-state index in [9.17, 15) is 14.9 Å². The number of nitrogens with zero attached hydrogens (tertiary/aromatic N) is 6. The number of rotatable bonds is 8. The van der Waals surface area contributed by atoms with E-state index in [-0.39, 0.29) is 18.0 Å². The Kier molecular flexibility index (Phi) is 7.75. The summed E-state index contributed by atoms with van der Waals surface area (Å²) in [6, 6.07) is 5.73. The molecular weight excluding hydrogens is 526 g/mol. The second-order valence-electron chi connectivity index (χ2n) is 11.0. The molecule has 0 bridgehead atoms. The van der Waals surface area contributed by atoms with Gasteiger partial charge in [0.2, 0.25) is 12.2 Å². The second-order valence-corrected chi connectivity index (χ2v) is 11.0. The number of hydrogen-bond donors (Lipinski definition) is 1. The number of piperazine rings is 1. The largest absolute Gasteiger partial charge is 0.489 e. The summed E-state index contributed by atoms with van der Waals surface area (Å²) >= 11 is 0. The molecule has 1 saturated carbocycles. The molecule has 0 radical (unpaired) electrons. The third-order valence-corrected chi connectivity index (χ3v) is 8.19. The highest BCUT2D eigenvalue weighted by atomic mass is 16.7. The van der Waals surface area contributed by atoms with Crippen molar-refractivity contribution in [3.63, 3.8) is 0 Å². The number of carbonyl (C=O) groups is 2. The summed E-state index contributed by atoms with van der Waals surface area (Å²) in [6.07, 6.45) is 6.39. The van der Waals surface area contributed by atoms with Crippen molar-refractivity contribution >= 4 is 23.6 Å². The molecular formula is C29H35N7O5. The smallest absolute Gasteiger partial charge is 0.328 e. The van der Waals surface area contributed by atoms with Gasteiger partial charge in [-0.1, -0.05) is 0 Å². The van der Waals surface area contributed by atoms with E-state index in [4.69, 9.17) is 19.2 Å². The van der Waals surface area contributed by atoms with E-state index < -0.39 is 6.29 Å². The van der Waals surface area contributed by atoms with Crippen molar-refractivity contribution in [2.24, 2.45) is 0 Å². The first-order valence-electron chi connectivity index (χ1n) is 14.2. The van der Waals surface area contributed by atoms with E-state index in [1.807, 2.05) is 11.0 Å². The van der Waals surface area contributed by atoms with Gasteiger partial charge in [0.25, 0.3) is 0 Å². The van der Waals surface area contributed by atoms with Crippen LogP contribution in [-0.4, -0.2) is 84.3 Å². The van der Waals surface area contributed by atoms with Crippen LogP contribution in [0.15, 0.2) is 18.3 Å². The standard InChI is InChI=1S/C29H35N7O5/c1-39-28(40-2)26-19(15-35-16-21-6-4-9-34(21)17-25(35)37)11-18-5-3-10-36(27(18)33-26)29(38)32-24-12-23(41-22-7-8-22)20(13-30)14-31-24/h11-12,14,21-22,28H,3-10,15-17H2,1-2H3,(H,31,32,38). The molecule has 6 rings (SSSR count). The molecule has 3 fully saturated rings. The lowest BCUT2D eigenvalue weighted by molar-refractivity contribution is -0.138. The Morgan fingerprint density at radius 3 is 2.78 bits per heavy atom. The van der Waals surface area contributed by atoms with Gasteiger partial charge < -0.3 is 19.1 Å². The average Bonchev–Trinajstić information content (AvgIpc) is 3.68. The number of pyridine rings is 2. The van der Waals surface area contributed by atoms with Crippen molar-refractivity contribution in [2.75, 3.05) is 50.6 Å². The van der Waals surface area contributed by atoms with Crippen LogP contribution in [0, 0.1) is 11.3 Å². The third-order valence-electron chi connectivity index (χ3n) is 8.19. The molecule has 5 heterocycles. The van der Waals surface area contributed by atoms with E-state index in [0.717, 1.165) is 56.2 Å². The molecule has 4 aliphatic rings. The second kappa shape index (κ2) is 11.6. The molecule has 0 spiro atoms. The highest BCUT2D eigenvalue weighted by Crippen LogP contribution is 2.34. The monoisotopic (exact) mass is 561 g/mol. The number of anilines is 2. The molecule has 12 heteroatoms. The summed E-state index contributed by atoms with van der Waals surface area (Å²) in [6.45, 7) is 3.00. The van der Waals surface area contributed by atoms with Gasteiger partial charge in [0.05, 0.1) is 18.8 Å². The molecule has 1 atom stereocenters. The zero-order chi connectivity index (χ0) is 28.5. The summed E-state index contributed by atoms with van der Waals surface area (Å²) in [5, 5.41) is 12.3.